The van der Waals surface area contributed by atoms with Crippen molar-refractivity contribution in [1.82, 2.24) is 0 Å². The van der Waals surface area contributed by atoms with Crippen LogP contribution in [0.1, 0.15) is 13.8 Å². The molecule has 0 aromatic heterocycles. The van der Waals surface area contributed by atoms with E-state index in [2.05, 4.69) is 5.32 Å². The molecule has 2 aromatic rings. The Morgan fingerprint density at radius 3 is 2.20 bits per heavy atom. The van der Waals surface area contributed by atoms with Gasteiger partial charge in [-0.2, -0.15) is 0 Å². The molecule has 4 heteroatoms. The lowest BCUT2D eigenvalue weighted by atomic mass is 10.3. The molecule has 0 saturated heterocycles. The van der Waals surface area contributed by atoms with Crippen molar-refractivity contribution in [3.8, 4) is 5.75 Å². The van der Waals surface area contributed by atoms with Crippen molar-refractivity contribution in [2.45, 2.75) is 13.8 Å². The van der Waals surface area contributed by atoms with Gasteiger partial charge >= 0.3 is 0 Å². The molecule has 0 aliphatic carbocycles. The zero-order valence-corrected chi connectivity index (χ0v) is 11.8. The average Bonchev–Trinajstić information content (AvgIpc) is 2.43. The Bertz CT molecular complexity index is 510. The monoisotopic (exact) mass is 272 g/mol. The van der Waals surface area contributed by atoms with Crippen molar-refractivity contribution in [3.05, 3.63) is 54.6 Å². The van der Waals surface area contributed by atoms with Crippen LogP contribution in [-0.2, 0) is 4.79 Å². The summed E-state index contributed by atoms with van der Waals surface area (Å²) in [6.07, 6.45) is 0. The lowest BCUT2D eigenvalue weighted by molar-refractivity contribution is -0.114. The van der Waals surface area contributed by atoms with Crippen molar-refractivity contribution >= 4 is 17.3 Å². The van der Waals surface area contributed by atoms with E-state index in [9.17, 15) is 4.79 Å². The van der Waals surface area contributed by atoms with Crippen LogP contribution in [0.25, 0.3) is 0 Å². The summed E-state index contributed by atoms with van der Waals surface area (Å²) in [6.45, 7) is 4.15. The maximum atomic E-state index is 10.5. The highest BCUT2D eigenvalue weighted by Crippen LogP contribution is 2.12. The Balaban J connectivity index is 0.000000200. The molecule has 2 aromatic carbocycles. The molecule has 2 rings (SSSR count). The van der Waals surface area contributed by atoms with Crippen LogP contribution in [0, 0.1) is 0 Å². The average molecular weight is 272 g/mol. The van der Waals surface area contributed by atoms with Gasteiger partial charge in [0.2, 0.25) is 5.91 Å². The normalized spacial score (nSPS) is 9.10. The molecule has 0 unspecified atom stereocenters. The van der Waals surface area contributed by atoms with Crippen molar-refractivity contribution in [1.29, 1.82) is 0 Å². The van der Waals surface area contributed by atoms with Gasteiger partial charge in [-0.3, -0.25) is 4.79 Å². The molecule has 106 valence electrons. The summed E-state index contributed by atoms with van der Waals surface area (Å²) in [5.41, 5.74) is 7.08. The molecule has 0 aliphatic heterocycles. The minimum atomic E-state index is -0.0359. The fourth-order valence-corrected chi connectivity index (χ4v) is 1.46. The smallest absolute Gasteiger partial charge is 0.221 e. The third-order valence-electron chi connectivity index (χ3n) is 2.29. The Kier molecular flexibility index (Phi) is 6.68. The van der Waals surface area contributed by atoms with Gasteiger partial charge in [0.25, 0.3) is 0 Å². The second-order valence-electron chi connectivity index (χ2n) is 4.05. The number of hydrogen-bond donors (Lipinski definition) is 2. The van der Waals surface area contributed by atoms with Crippen LogP contribution in [0.5, 0.6) is 5.75 Å². The molecule has 0 radical (unpaired) electrons. The number of nitrogen functional groups attached to an aromatic ring is 1. The first-order chi connectivity index (χ1) is 9.61. The predicted molar refractivity (Wildman–Crippen MR) is 82.8 cm³/mol. The number of benzene rings is 2. The number of nitrogens with two attached hydrogens (primary N) is 1. The van der Waals surface area contributed by atoms with Gasteiger partial charge in [0.1, 0.15) is 5.75 Å². The predicted octanol–water partition coefficient (Wildman–Crippen LogP) is 3.31. The Morgan fingerprint density at radius 1 is 1.10 bits per heavy atom. The summed E-state index contributed by atoms with van der Waals surface area (Å²) < 4.78 is 5.21. The van der Waals surface area contributed by atoms with Gasteiger partial charge in [-0.1, -0.05) is 18.2 Å². The molecule has 0 atom stereocenters. The molecule has 0 heterocycles. The van der Waals surface area contributed by atoms with Gasteiger partial charge in [0.05, 0.1) is 6.61 Å². The maximum absolute atomic E-state index is 10.5. The second kappa shape index (κ2) is 8.58. The second-order valence-corrected chi connectivity index (χ2v) is 4.05. The van der Waals surface area contributed by atoms with Crippen molar-refractivity contribution in [2.75, 3.05) is 17.7 Å². The first-order valence-corrected chi connectivity index (χ1v) is 6.42. The van der Waals surface area contributed by atoms with E-state index in [1.54, 1.807) is 0 Å². The summed E-state index contributed by atoms with van der Waals surface area (Å²) in [6, 6.07) is 16.7. The minimum absolute atomic E-state index is 0.0359. The highest BCUT2D eigenvalue weighted by molar-refractivity contribution is 5.88. The van der Waals surface area contributed by atoms with E-state index in [-0.39, 0.29) is 5.91 Å². The van der Waals surface area contributed by atoms with Gasteiger partial charge in [-0.15, -0.1) is 0 Å². The maximum Gasteiger partial charge on any atom is 0.221 e. The van der Waals surface area contributed by atoms with E-state index in [4.69, 9.17) is 10.5 Å². The molecule has 4 nitrogen and oxygen atoms in total. The highest BCUT2D eigenvalue weighted by atomic mass is 16.5. The van der Waals surface area contributed by atoms with Gasteiger partial charge in [-0.25, -0.2) is 0 Å². The number of carbonyl (C=O) groups excluding carboxylic acids is 1. The fourth-order valence-electron chi connectivity index (χ4n) is 1.46. The Morgan fingerprint density at radius 2 is 1.70 bits per heavy atom. The van der Waals surface area contributed by atoms with E-state index >= 15 is 0 Å². The number of ether oxygens (including phenoxy) is 1. The van der Waals surface area contributed by atoms with Crippen LogP contribution in [0.2, 0.25) is 0 Å². The summed E-state index contributed by atoms with van der Waals surface area (Å²) in [5.74, 6) is 0.836. The zero-order chi connectivity index (χ0) is 14.8. The van der Waals surface area contributed by atoms with Crippen LogP contribution in [-0.4, -0.2) is 12.5 Å². The first-order valence-electron chi connectivity index (χ1n) is 6.42. The van der Waals surface area contributed by atoms with Gasteiger partial charge in [-0.05, 0) is 43.3 Å². The van der Waals surface area contributed by atoms with Crippen LogP contribution >= 0.6 is 0 Å². The van der Waals surface area contributed by atoms with Gasteiger partial charge in [0, 0.05) is 18.3 Å². The van der Waals surface area contributed by atoms with E-state index in [0.717, 1.165) is 17.1 Å². The third kappa shape index (κ3) is 6.44. The standard InChI is InChI=1S/C8H9NO.C8H11NO/c1-7(10)9-8-5-3-2-4-6-8;1-2-10-8-5-3-7(9)4-6-8/h2-6H,1H3,(H,9,10);3-6H,2,9H2,1H3. The van der Waals surface area contributed by atoms with Crippen LogP contribution < -0.4 is 15.8 Å². The molecule has 0 spiro atoms. The molecule has 0 saturated carbocycles. The molecule has 0 fully saturated rings. The van der Waals surface area contributed by atoms with E-state index < -0.39 is 0 Å². The zero-order valence-electron chi connectivity index (χ0n) is 11.8. The Labute approximate surface area is 119 Å². The molecule has 0 aliphatic rings. The van der Waals surface area contributed by atoms with Crippen LogP contribution in [0.3, 0.4) is 0 Å². The van der Waals surface area contributed by atoms with E-state index in [1.165, 1.54) is 6.92 Å². The molecule has 3 N–H and O–H groups in total. The topological polar surface area (TPSA) is 64.3 Å². The number of nitrogens with one attached hydrogen (secondary N) is 1. The largest absolute Gasteiger partial charge is 0.494 e. The number of carbonyl (C=O) groups is 1. The lowest BCUT2D eigenvalue weighted by Crippen LogP contribution is -2.04. The lowest BCUT2D eigenvalue weighted by Gasteiger charge is -2.01. The number of amides is 1. The number of hydrogen-bond acceptors (Lipinski definition) is 3. The van der Waals surface area contributed by atoms with Gasteiger partial charge < -0.3 is 15.8 Å². The quantitative estimate of drug-likeness (QED) is 0.842. The summed E-state index contributed by atoms with van der Waals surface area (Å²) >= 11 is 0. The fraction of sp³-hybridized carbons (Fsp3) is 0.188. The summed E-state index contributed by atoms with van der Waals surface area (Å²) in [5, 5.41) is 2.67. The van der Waals surface area contributed by atoms with Crippen LogP contribution in [0.4, 0.5) is 11.4 Å². The Hall–Kier alpha value is -2.49. The summed E-state index contributed by atoms with van der Waals surface area (Å²) in [7, 11) is 0. The van der Waals surface area contributed by atoms with Crippen molar-refractivity contribution < 1.29 is 9.53 Å². The third-order valence-corrected chi connectivity index (χ3v) is 2.29. The van der Waals surface area contributed by atoms with Crippen molar-refractivity contribution in [2.24, 2.45) is 0 Å². The van der Waals surface area contributed by atoms with Gasteiger partial charge in [0.15, 0.2) is 0 Å². The first kappa shape index (κ1) is 15.6. The highest BCUT2D eigenvalue weighted by Gasteiger charge is 1.90. The van der Waals surface area contributed by atoms with Crippen molar-refractivity contribution in [3.63, 3.8) is 0 Å². The molecule has 0 bridgehead atoms. The molecular formula is C16H20N2O2. The van der Waals surface area contributed by atoms with E-state index in [0.29, 0.717) is 6.61 Å². The number of anilines is 2. The summed E-state index contributed by atoms with van der Waals surface area (Å²) in [4.78, 5) is 10.5. The molecular weight excluding hydrogens is 252 g/mol. The number of para-hydroxylation sites is 1. The van der Waals surface area contributed by atoms with Crippen LogP contribution in [0.15, 0.2) is 54.6 Å². The van der Waals surface area contributed by atoms with E-state index in [1.807, 2.05) is 61.5 Å². The SMILES string of the molecule is CC(=O)Nc1ccccc1.CCOc1ccc(N)cc1. The number of rotatable bonds is 3. The molecule has 1 amide bonds. The minimum Gasteiger partial charge on any atom is -0.494 e. The molecule has 20 heavy (non-hydrogen) atoms.